The number of rotatable bonds is 10. The van der Waals surface area contributed by atoms with Crippen molar-refractivity contribution in [3.05, 3.63) is 114 Å². The van der Waals surface area contributed by atoms with E-state index >= 15 is 0 Å². The molecule has 4 aromatic carbocycles. The Labute approximate surface area is 238 Å². The van der Waals surface area contributed by atoms with E-state index in [4.69, 9.17) is 23.9 Å². The summed E-state index contributed by atoms with van der Waals surface area (Å²) in [7, 11) is 4.84. The predicted molar refractivity (Wildman–Crippen MR) is 159 cm³/mol. The van der Waals surface area contributed by atoms with Crippen LogP contribution in [-0.4, -0.2) is 38.4 Å². The molecule has 0 aliphatic carbocycles. The van der Waals surface area contributed by atoms with Crippen molar-refractivity contribution < 1.29 is 23.7 Å². The predicted octanol–water partition coefficient (Wildman–Crippen LogP) is 6.27. The largest absolute Gasteiger partial charge is 0.497 e. The second-order valence-corrected chi connectivity index (χ2v) is 9.04. The molecule has 5 aromatic rings. The molecule has 0 saturated heterocycles. The number of nitrogens with one attached hydrogen (secondary N) is 1. The Morgan fingerprint density at radius 3 is 2.37 bits per heavy atom. The molecule has 206 valence electrons. The summed E-state index contributed by atoms with van der Waals surface area (Å²) in [6.45, 7) is 0.291. The Kier molecular flexibility index (Phi) is 8.40. The summed E-state index contributed by atoms with van der Waals surface area (Å²) in [5, 5.41) is 4.96. The number of pyridine rings is 1. The van der Waals surface area contributed by atoms with Gasteiger partial charge in [-0.05, 0) is 72.3 Å². The fourth-order valence-corrected chi connectivity index (χ4v) is 4.34. The van der Waals surface area contributed by atoms with Crippen LogP contribution in [0.25, 0.3) is 22.2 Å². The van der Waals surface area contributed by atoms with E-state index in [1.807, 2.05) is 91.0 Å². The summed E-state index contributed by atoms with van der Waals surface area (Å²) >= 11 is 0. The number of nitrogens with zero attached hydrogens (tertiary/aromatic N) is 2. The van der Waals surface area contributed by atoms with Crippen LogP contribution in [0.1, 0.15) is 21.5 Å². The van der Waals surface area contributed by atoms with Crippen LogP contribution in [0.5, 0.6) is 23.0 Å². The molecular weight excluding hydrogens is 518 g/mol. The van der Waals surface area contributed by atoms with Crippen molar-refractivity contribution in [3.63, 3.8) is 0 Å². The number of benzene rings is 4. The number of carbonyl (C=O) groups excluding carboxylic acids is 1. The van der Waals surface area contributed by atoms with Crippen molar-refractivity contribution in [1.29, 1.82) is 0 Å². The van der Waals surface area contributed by atoms with Gasteiger partial charge in [0.25, 0.3) is 5.91 Å². The van der Waals surface area contributed by atoms with Crippen LogP contribution in [0.4, 0.5) is 0 Å². The molecule has 41 heavy (non-hydrogen) atoms. The molecule has 0 radical (unpaired) electrons. The lowest BCUT2D eigenvalue weighted by molar-refractivity contribution is 0.0956. The van der Waals surface area contributed by atoms with Gasteiger partial charge in [-0.25, -0.2) is 10.4 Å². The molecule has 0 saturated carbocycles. The van der Waals surface area contributed by atoms with E-state index in [0.717, 1.165) is 27.8 Å². The average molecular weight is 548 g/mol. The van der Waals surface area contributed by atoms with Crippen LogP contribution >= 0.6 is 0 Å². The van der Waals surface area contributed by atoms with Crippen molar-refractivity contribution in [3.8, 4) is 34.3 Å². The lowest BCUT2D eigenvalue weighted by Gasteiger charge is -2.12. The number of hydrogen-bond acceptors (Lipinski definition) is 7. The van der Waals surface area contributed by atoms with Crippen LogP contribution in [0.3, 0.4) is 0 Å². The van der Waals surface area contributed by atoms with Gasteiger partial charge in [-0.2, -0.15) is 5.10 Å². The zero-order chi connectivity index (χ0) is 28.6. The van der Waals surface area contributed by atoms with E-state index in [2.05, 4.69) is 10.5 Å². The molecule has 0 bridgehead atoms. The normalized spacial score (nSPS) is 10.9. The van der Waals surface area contributed by atoms with E-state index in [1.165, 1.54) is 0 Å². The highest BCUT2D eigenvalue weighted by Gasteiger charge is 2.14. The Hall–Kier alpha value is -5.37. The molecule has 8 nitrogen and oxygen atoms in total. The molecule has 0 unspecified atom stereocenters. The third-order valence-electron chi connectivity index (χ3n) is 6.46. The van der Waals surface area contributed by atoms with Crippen LogP contribution < -0.4 is 24.4 Å². The SMILES string of the molecule is COc1ccc(OCc2cc(/C=N/NC(=O)c3cc(-c4cccc(OC)c4)nc4ccccc34)ccc2OC)cc1. The second-order valence-electron chi connectivity index (χ2n) is 9.04. The summed E-state index contributed by atoms with van der Waals surface area (Å²) in [5.41, 5.74) is 6.95. The highest BCUT2D eigenvalue weighted by Crippen LogP contribution is 2.27. The Bertz CT molecular complexity index is 1700. The van der Waals surface area contributed by atoms with Gasteiger partial charge in [-0.3, -0.25) is 4.79 Å². The van der Waals surface area contributed by atoms with Gasteiger partial charge in [0, 0.05) is 16.5 Å². The molecule has 0 aliphatic heterocycles. The van der Waals surface area contributed by atoms with Gasteiger partial charge in [-0.1, -0.05) is 30.3 Å². The van der Waals surface area contributed by atoms with Crippen molar-refractivity contribution in [2.45, 2.75) is 6.61 Å². The van der Waals surface area contributed by atoms with Crippen molar-refractivity contribution in [2.24, 2.45) is 5.10 Å². The maximum atomic E-state index is 13.3. The van der Waals surface area contributed by atoms with E-state index in [0.29, 0.717) is 40.6 Å². The summed E-state index contributed by atoms with van der Waals surface area (Å²) in [6, 6.07) is 29.8. The fraction of sp³-hybridized carbons (Fsp3) is 0.121. The molecule has 0 atom stereocenters. The van der Waals surface area contributed by atoms with E-state index in [9.17, 15) is 4.79 Å². The Balaban J connectivity index is 1.34. The molecule has 0 spiro atoms. The van der Waals surface area contributed by atoms with Gasteiger partial charge < -0.3 is 18.9 Å². The van der Waals surface area contributed by atoms with Crippen LogP contribution in [0.2, 0.25) is 0 Å². The first kappa shape index (κ1) is 27.2. The van der Waals surface area contributed by atoms with Gasteiger partial charge in [0.1, 0.15) is 29.6 Å². The fourth-order valence-electron chi connectivity index (χ4n) is 4.34. The number of ether oxygens (including phenoxy) is 4. The number of methoxy groups -OCH3 is 3. The Morgan fingerprint density at radius 2 is 1.59 bits per heavy atom. The number of carbonyl (C=O) groups is 1. The number of fused-ring (bicyclic) bond motifs is 1. The summed E-state index contributed by atoms with van der Waals surface area (Å²) in [4.78, 5) is 18.1. The monoisotopic (exact) mass is 547 g/mol. The summed E-state index contributed by atoms with van der Waals surface area (Å²) < 4.78 is 22.0. The minimum absolute atomic E-state index is 0.291. The van der Waals surface area contributed by atoms with E-state index < -0.39 is 0 Å². The van der Waals surface area contributed by atoms with Crippen LogP contribution in [0, 0.1) is 0 Å². The molecule has 0 fully saturated rings. The van der Waals surface area contributed by atoms with Crippen LogP contribution in [-0.2, 0) is 6.61 Å². The van der Waals surface area contributed by atoms with Gasteiger partial charge in [0.05, 0.1) is 44.3 Å². The topological polar surface area (TPSA) is 91.3 Å². The maximum Gasteiger partial charge on any atom is 0.272 e. The quantitative estimate of drug-likeness (QED) is 0.164. The smallest absolute Gasteiger partial charge is 0.272 e. The second kappa shape index (κ2) is 12.7. The van der Waals surface area contributed by atoms with Crippen molar-refractivity contribution >= 4 is 23.0 Å². The lowest BCUT2D eigenvalue weighted by atomic mass is 10.0. The maximum absolute atomic E-state index is 13.3. The first-order valence-electron chi connectivity index (χ1n) is 12.9. The first-order chi connectivity index (χ1) is 20.1. The minimum atomic E-state index is -0.347. The zero-order valence-electron chi connectivity index (χ0n) is 23.0. The third-order valence-corrected chi connectivity index (χ3v) is 6.46. The molecule has 1 N–H and O–H groups in total. The summed E-state index contributed by atoms with van der Waals surface area (Å²) in [5.74, 6) is 2.51. The van der Waals surface area contributed by atoms with Crippen molar-refractivity contribution in [1.82, 2.24) is 10.4 Å². The zero-order valence-corrected chi connectivity index (χ0v) is 23.0. The average Bonchev–Trinajstić information content (AvgIpc) is 3.03. The first-order valence-corrected chi connectivity index (χ1v) is 12.9. The molecule has 1 heterocycles. The van der Waals surface area contributed by atoms with Crippen LogP contribution in [0.15, 0.2) is 102 Å². The molecular formula is C33H29N3O5. The highest BCUT2D eigenvalue weighted by molar-refractivity contribution is 6.07. The molecule has 1 amide bonds. The number of amides is 1. The van der Waals surface area contributed by atoms with Gasteiger partial charge in [0.2, 0.25) is 0 Å². The highest BCUT2D eigenvalue weighted by atomic mass is 16.5. The molecule has 0 aliphatic rings. The minimum Gasteiger partial charge on any atom is -0.497 e. The number of hydrazone groups is 1. The molecule has 5 rings (SSSR count). The summed E-state index contributed by atoms with van der Waals surface area (Å²) in [6.07, 6.45) is 1.58. The molecule has 8 heteroatoms. The number of hydrogen-bond donors (Lipinski definition) is 1. The van der Waals surface area contributed by atoms with E-state index in [-0.39, 0.29) is 5.91 Å². The number of aromatic nitrogens is 1. The van der Waals surface area contributed by atoms with Gasteiger partial charge in [-0.15, -0.1) is 0 Å². The van der Waals surface area contributed by atoms with E-state index in [1.54, 1.807) is 33.6 Å². The lowest BCUT2D eigenvalue weighted by Crippen LogP contribution is -2.18. The molecule has 1 aromatic heterocycles. The van der Waals surface area contributed by atoms with Crippen molar-refractivity contribution in [2.75, 3.05) is 21.3 Å². The van der Waals surface area contributed by atoms with Gasteiger partial charge in [0.15, 0.2) is 0 Å². The van der Waals surface area contributed by atoms with Gasteiger partial charge >= 0.3 is 0 Å². The standard InChI is InChI=1S/C33H29N3O5/c1-38-25-12-14-26(15-13-25)41-21-24-17-22(11-16-32(24)40-3)20-34-36-33(37)29-19-31(23-7-6-8-27(18-23)39-2)35-30-10-5-4-9-28(29)30/h4-20H,21H2,1-3H3,(H,36,37)/b34-20+. The Morgan fingerprint density at radius 1 is 0.805 bits per heavy atom. The number of para-hydroxylation sites is 1. The third kappa shape index (κ3) is 6.45.